The maximum atomic E-state index is 10.8. The molecule has 0 fully saturated rings. The van der Waals surface area contributed by atoms with Crippen molar-refractivity contribution in [1.29, 1.82) is 0 Å². The first-order valence-electron chi connectivity index (χ1n) is 6.19. The number of hydrogen-bond donors (Lipinski definition) is 2. The Morgan fingerprint density at radius 3 is 2.60 bits per heavy atom. The molecule has 1 heterocycles. The summed E-state index contributed by atoms with van der Waals surface area (Å²) in [5.41, 5.74) is 1.33. The van der Waals surface area contributed by atoms with Gasteiger partial charge in [0.1, 0.15) is 0 Å². The highest BCUT2D eigenvalue weighted by Gasteiger charge is 2.12. The molecule has 0 aliphatic rings. The molecule has 2 aromatic rings. The number of hydrogen-bond acceptors (Lipinski definition) is 6. The molecule has 8 nitrogen and oxygen atoms in total. The van der Waals surface area contributed by atoms with Crippen LogP contribution >= 0.6 is 0 Å². The second kappa shape index (κ2) is 6.42. The van der Waals surface area contributed by atoms with Crippen molar-refractivity contribution in [2.75, 3.05) is 26.3 Å². The van der Waals surface area contributed by atoms with Gasteiger partial charge in [-0.2, -0.15) is 0 Å². The van der Waals surface area contributed by atoms with Crippen molar-refractivity contribution >= 4 is 16.7 Å². The molecule has 1 aromatic heterocycles. The van der Waals surface area contributed by atoms with Gasteiger partial charge in [0.25, 0.3) is 5.69 Å². The maximum Gasteiger partial charge on any atom is 0.271 e. The van der Waals surface area contributed by atoms with Crippen molar-refractivity contribution in [2.24, 2.45) is 0 Å². The molecule has 20 heavy (non-hydrogen) atoms. The third-order valence-electron chi connectivity index (χ3n) is 3.00. The molecule has 0 aliphatic carbocycles. The number of aliphatic hydroxyl groups is 2. The van der Waals surface area contributed by atoms with Crippen LogP contribution < -0.4 is 0 Å². The van der Waals surface area contributed by atoms with Crippen molar-refractivity contribution in [3.63, 3.8) is 0 Å². The lowest BCUT2D eigenvalue weighted by molar-refractivity contribution is -0.384. The molecule has 0 saturated heterocycles. The topological polar surface area (TPSA) is 105 Å². The molecule has 0 radical (unpaired) electrons. The quantitative estimate of drug-likeness (QED) is 0.554. The van der Waals surface area contributed by atoms with Gasteiger partial charge in [-0.05, 0) is 6.07 Å². The van der Waals surface area contributed by atoms with Crippen molar-refractivity contribution in [3.8, 4) is 0 Å². The normalized spacial score (nSPS) is 11.3. The van der Waals surface area contributed by atoms with Crippen LogP contribution in [0.25, 0.3) is 11.0 Å². The molecule has 0 bridgehead atoms. The van der Waals surface area contributed by atoms with Gasteiger partial charge in [-0.1, -0.05) is 0 Å². The molecule has 0 amide bonds. The number of nitro groups is 1. The highest BCUT2D eigenvalue weighted by atomic mass is 16.6. The van der Waals surface area contributed by atoms with Crippen LogP contribution in [0.2, 0.25) is 0 Å². The highest BCUT2D eigenvalue weighted by molar-refractivity contribution is 5.77. The van der Waals surface area contributed by atoms with E-state index in [4.69, 9.17) is 10.2 Å². The summed E-state index contributed by atoms with van der Waals surface area (Å²) in [6.45, 7) is 1.18. The van der Waals surface area contributed by atoms with Gasteiger partial charge in [-0.25, -0.2) is 4.98 Å². The Hall–Kier alpha value is -2.03. The lowest BCUT2D eigenvalue weighted by Crippen LogP contribution is -2.31. The summed E-state index contributed by atoms with van der Waals surface area (Å²) in [5.74, 6) is 0. The molecule has 108 valence electrons. The Morgan fingerprint density at radius 2 is 2.00 bits per heavy atom. The average molecular weight is 280 g/mol. The Kier molecular flexibility index (Phi) is 4.61. The largest absolute Gasteiger partial charge is 0.395 e. The number of benzene rings is 1. The predicted molar refractivity (Wildman–Crippen MR) is 72.1 cm³/mol. The first-order chi connectivity index (χ1) is 9.65. The Labute approximate surface area is 115 Å². The minimum atomic E-state index is -0.448. The van der Waals surface area contributed by atoms with Crippen LogP contribution in [0.4, 0.5) is 5.69 Å². The zero-order valence-electron chi connectivity index (χ0n) is 10.8. The second-order valence-electron chi connectivity index (χ2n) is 4.35. The molecule has 1 aromatic carbocycles. The van der Waals surface area contributed by atoms with Crippen molar-refractivity contribution < 1.29 is 15.1 Å². The van der Waals surface area contributed by atoms with Crippen LogP contribution in [0.15, 0.2) is 24.5 Å². The number of non-ortho nitro benzene ring substituents is 1. The fourth-order valence-corrected chi connectivity index (χ4v) is 2.02. The molecule has 8 heteroatoms. The fourth-order valence-electron chi connectivity index (χ4n) is 2.02. The van der Waals surface area contributed by atoms with E-state index in [1.165, 1.54) is 12.1 Å². The maximum absolute atomic E-state index is 10.8. The first-order valence-corrected chi connectivity index (χ1v) is 6.19. The Balaban J connectivity index is 2.28. The zero-order chi connectivity index (χ0) is 14.5. The van der Waals surface area contributed by atoms with Crippen LogP contribution in [0, 0.1) is 10.1 Å². The average Bonchev–Trinajstić information content (AvgIpc) is 2.82. The van der Waals surface area contributed by atoms with Gasteiger partial charge < -0.3 is 14.8 Å². The van der Waals surface area contributed by atoms with E-state index in [1.54, 1.807) is 17.0 Å². The molecule has 0 saturated carbocycles. The van der Waals surface area contributed by atoms with Crippen LogP contribution in [0.5, 0.6) is 0 Å². The summed E-state index contributed by atoms with van der Waals surface area (Å²) in [6.07, 6.45) is 1.59. The van der Waals surface area contributed by atoms with Gasteiger partial charge in [-0.15, -0.1) is 0 Å². The Bertz CT molecular complexity index is 592. The van der Waals surface area contributed by atoms with Crippen LogP contribution in [0.1, 0.15) is 0 Å². The van der Waals surface area contributed by atoms with Gasteiger partial charge in [-0.3, -0.25) is 15.0 Å². The molecule has 2 rings (SSSR count). The van der Waals surface area contributed by atoms with E-state index >= 15 is 0 Å². The van der Waals surface area contributed by atoms with E-state index in [0.29, 0.717) is 30.8 Å². The zero-order valence-corrected chi connectivity index (χ0v) is 10.8. The van der Waals surface area contributed by atoms with Gasteiger partial charge in [0.2, 0.25) is 0 Å². The number of aromatic nitrogens is 2. The minimum Gasteiger partial charge on any atom is -0.395 e. The van der Waals surface area contributed by atoms with E-state index in [0.717, 1.165) is 0 Å². The summed E-state index contributed by atoms with van der Waals surface area (Å²) in [5, 5.41) is 28.8. The van der Waals surface area contributed by atoms with Gasteiger partial charge >= 0.3 is 0 Å². The third-order valence-corrected chi connectivity index (χ3v) is 3.00. The number of fused-ring (bicyclic) bond motifs is 1. The number of imidazole rings is 1. The van der Waals surface area contributed by atoms with Crippen LogP contribution in [-0.4, -0.2) is 55.9 Å². The van der Waals surface area contributed by atoms with Gasteiger partial charge in [0.05, 0.1) is 42.2 Å². The smallest absolute Gasteiger partial charge is 0.271 e. The third kappa shape index (κ3) is 3.10. The van der Waals surface area contributed by atoms with E-state index in [9.17, 15) is 10.1 Å². The summed E-state index contributed by atoms with van der Waals surface area (Å²) in [7, 11) is 0. The van der Waals surface area contributed by atoms with E-state index in [-0.39, 0.29) is 18.9 Å². The summed E-state index contributed by atoms with van der Waals surface area (Å²) < 4.78 is 1.76. The predicted octanol–water partition coefficient (Wildman–Crippen LogP) is 0.189. The van der Waals surface area contributed by atoms with E-state index in [2.05, 4.69) is 4.98 Å². The van der Waals surface area contributed by atoms with Crippen LogP contribution in [-0.2, 0) is 6.67 Å². The van der Waals surface area contributed by atoms with Crippen molar-refractivity contribution in [1.82, 2.24) is 14.5 Å². The molecule has 0 aliphatic heterocycles. The van der Waals surface area contributed by atoms with Crippen LogP contribution in [0.3, 0.4) is 0 Å². The minimum absolute atomic E-state index is 0.00937. The monoisotopic (exact) mass is 280 g/mol. The molecule has 0 unspecified atom stereocenters. The Morgan fingerprint density at radius 1 is 1.30 bits per heavy atom. The lowest BCUT2D eigenvalue weighted by Gasteiger charge is -2.20. The van der Waals surface area contributed by atoms with Gasteiger partial charge in [0, 0.05) is 25.2 Å². The molecular formula is C12H16N4O4. The number of aliphatic hydroxyl groups excluding tert-OH is 2. The summed E-state index contributed by atoms with van der Waals surface area (Å²) >= 11 is 0. The van der Waals surface area contributed by atoms with E-state index in [1.807, 2.05) is 4.90 Å². The number of rotatable bonds is 7. The molecule has 2 N–H and O–H groups in total. The lowest BCUT2D eigenvalue weighted by atomic mass is 10.3. The SMILES string of the molecule is O=[N+]([O-])c1ccc2ncn(CN(CCO)CCO)c2c1. The number of nitro benzene ring substituents is 1. The van der Waals surface area contributed by atoms with Crippen molar-refractivity contribution in [2.45, 2.75) is 6.67 Å². The van der Waals surface area contributed by atoms with E-state index < -0.39 is 4.92 Å². The summed E-state index contributed by atoms with van der Waals surface area (Å²) in [6, 6.07) is 4.49. The fraction of sp³-hybridized carbons (Fsp3) is 0.417. The molecule has 0 spiro atoms. The standard InChI is InChI=1S/C12H16N4O4/c17-5-3-14(4-6-18)9-15-8-13-11-2-1-10(16(19)20)7-12(11)15/h1-2,7-8,17-18H,3-6,9H2. The highest BCUT2D eigenvalue weighted by Crippen LogP contribution is 2.20. The molecule has 0 atom stereocenters. The van der Waals surface area contributed by atoms with Gasteiger partial charge in [0.15, 0.2) is 0 Å². The first kappa shape index (κ1) is 14.4. The summed E-state index contributed by atoms with van der Waals surface area (Å²) in [4.78, 5) is 16.4. The number of nitrogens with zero attached hydrogens (tertiary/aromatic N) is 4. The molecular weight excluding hydrogens is 264 g/mol. The van der Waals surface area contributed by atoms with Crippen molar-refractivity contribution in [3.05, 3.63) is 34.6 Å². The second-order valence-corrected chi connectivity index (χ2v) is 4.35.